The van der Waals surface area contributed by atoms with Crippen molar-refractivity contribution >= 4 is 22.6 Å². The molecular formula is C11H12ClNO3. The Kier molecular flexibility index (Phi) is 3.19. The van der Waals surface area contributed by atoms with Gasteiger partial charge in [0.1, 0.15) is 0 Å². The molecule has 0 saturated heterocycles. The Morgan fingerprint density at radius 1 is 1.31 bits per heavy atom. The summed E-state index contributed by atoms with van der Waals surface area (Å²) in [5.41, 5.74) is 1.44. The van der Waals surface area contributed by atoms with Gasteiger partial charge in [-0.15, -0.1) is 11.6 Å². The molecule has 0 aliphatic rings. The predicted molar refractivity (Wildman–Crippen MR) is 61.5 cm³/mol. The Morgan fingerprint density at radius 3 is 2.75 bits per heavy atom. The minimum absolute atomic E-state index is 0.510. The van der Waals surface area contributed by atoms with E-state index in [1.807, 2.05) is 12.1 Å². The smallest absolute Gasteiger partial charge is 0.212 e. The summed E-state index contributed by atoms with van der Waals surface area (Å²) in [5.74, 6) is 1.70. The average molecular weight is 242 g/mol. The standard InChI is InChI=1S/C11H12ClNO3/c1-14-9-4-3-7-8(5-6-12)13-16-10(7)11(9)15-2/h3-4H,5-6H2,1-2H3. The molecule has 0 spiro atoms. The lowest BCUT2D eigenvalue weighted by Gasteiger charge is -2.06. The lowest BCUT2D eigenvalue weighted by Crippen LogP contribution is -1.91. The van der Waals surface area contributed by atoms with Crippen molar-refractivity contribution in [2.75, 3.05) is 20.1 Å². The van der Waals surface area contributed by atoms with Crippen LogP contribution in [0.15, 0.2) is 16.7 Å². The van der Waals surface area contributed by atoms with Crippen LogP contribution in [0.25, 0.3) is 11.0 Å². The number of benzene rings is 1. The number of methoxy groups -OCH3 is 2. The van der Waals surface area contributed by atoms with E-state index in [1.165, 1.54) is 0 Å². The lowest BCUT2D eigenvalue weighted by atomic mass is 10.1. The zero-order valence-corrected chi connectivity index (χ0v) is 9.87. The maximum Gasteiger partial charge on any atom is 0.212 e. The van der Waals surface area contributed by atoms with E-state index in [1.54, 1.807) is 14.2 Å². The van der Waals surface area contributed by atoms with Gasteiger partial charge >= 0.3 is 0 Å². The van der Waals surface area contributed by atoms with Crippen molar-refractivity contribution in [2.24, 2.45) is 0 Å². The highest BCUT2D eigenvalue weighted by Crippen LogP contribution is 2.36. The van der Waals surface area contributed by atoms with E-state index in [0.717, 1.165) is 11.1 Å². The summed E-state index contributed by atoms with van der Waals surface area (Å²) in [6.45, 7) is 0. The van der Waals surface area contributed by atoms with Crippen LogP contribution in [-0.4, -0.2) is 25.3 Å². The van der Waals surface area contributed by atoms with Gasteiger partial charge in [-0.1, -0.05) is 5.16 Å². The first kappa shape index (κ1) is 11.1. The largest absolute Gasteiger partial charge is 0.493 e. The first-order chi connectivity index (χ1) is 7.81. The number of nitrogens with zero attached hydrogens (tertiary/aromatic N) is 1. The molecule has 0 aliphatic carbocycles. The highest BCUT2D eigenvalue weighted by molar-refractivity contribution is 6.18. The van der Waals surface area contributed by atoms with Crippen molar-refractivity contribution < 1.29 is 14.0 Å². The van der Waals surface area contributed by atoms with Crippen LogP contribution in [-0.2, 0) is 6.42 Å². The minimum Gasteiger partial charge on any atom is -0.493 e. The Morgan fingerprint density at radius 2 is 2.12 bits per heavy atom. The molecule has 4 nitrogen and oxygen atoms in total. The lowest BCUT2D eigenvalue weighted by molar-refractivity contribution is 0.347. The van der Waals surface area contributed by atoms with Gasteiger partial charge in [-0.3, -0.25) is 0 Å². The quantitative estimate of drug-likeness (QED) is 0.772. The summed E-state index contributed by atoms with van der Waals surface area (Å²) in [5, 5.41) is 4.89. The maximum atomic E-state index is 5.69. The summed E-state index contributed by atoms with van der Waals surface area (Å²) in [6, 6.07) is 3.73. The van der Waals surface area contributed by atoms with Crippen molar-refractivity contribution in [1.29, 1.82) is 0 Å². The van der Waals surface area contributed by atoms with Crippen LogP contribution >= 0.6 is 11.6 Å². The number of aryl methyl sites for hydroxylation is 1. The molecule has 1 heterocycles. The predicted octanol–water partition coefficient (Wildman–Crippen LogP) is 2.63. The van der Waals surface area contributed by atoms with Gasteiger partial charge in [0.15, 0.2) is 5.75 Å². The van der Waals surface area contributed by atoms with Crippen LogP contribution < -0.4 is 9.47 Å². The van der Waals surface area contributed by atoms with Gasteiger partial charge in [-0.2, -0.15) is 0 Å². The molecule has 2 rings (SSSR count). The number of alkyl halides is 1. The highest BCUT2D eigenvalue weighted by Gasteiger charge is 2.16. The van der Waals surface area contributed by atoms with Crippen LogP contribution in [0.2, 0.25) is 0 Å². The van der Waals surface area contributed by atoms with Gasteiger partial charge < -0.3 is 14.0 Å². The number of hydrogen-bond acceptors (Lipinski definition) is 4. The van der Waals surface area contributed by atoms with Gasteiger partial charge in [0.2, 0.25) is 11.3 Å². The average Bonchev–Trinajstić information content (AvgIpc) is 2.72. The van der Waals surface area contributed by atoms with Gasteiger partial charge in [0.05, 0.1) is 19.9 Å². The summed E-state index contributed by atoms with van der Waals surface area (Å²) in [7, 11) is 3.15. The molecule has 86 valence electrons. The Balaban J connectivity index is 2.61. The molecule has 1 aromatic heterocycles. The molecule has 0 fully saturated rings. The third kappa shape index (κ3) is 1.69. The van der Waals surface area contributed by atoms with Gasteiger partial charge in [-0.05, 0) is 12.1 Å². The maximum absolute atomic E-state index is 5.69. The van der Waals surface area contributed by atoms with Gasteiger partial charge in [-0.25, -0.2) is 0 Å². The second-order valence-electron chi connectivity index (χ2n) is 3.25. The number of halogens is 1. The molecule has 0 N–H and O–H groups in total. The molecule has 16 heavy (non-hydrogen) atoms. The first-order valence-corrected chi connectivity index (χ1v) is 5.40. The van der Waals surface area contributed by atoms with Crippen LogP contribution in [0, 0.1) is 0 Å². The van der Waals surface area contributed by atoms with E-state index >= 15 is 0 Å². The number of fused-ring (bicyclic) bond motifs is 1. The molecule has 5 heteroatoms. The molecule has 0 bridgehead atoms. The first-order valence-electron chi connectivity index (χ1n) is 4.87. The third-order valence-corrected chi connectivity index (χ3v) is 2.58. The van der Waals surface area contributed by atoms with E-state index in [0.29, 0.717) is 29.4 Å². The fourth-order valence-corrected chi connectivity index (χ4v) is 1.82. The van der Waals surface area contributed by atoms with Crippen molar-refractivity contribution in [3.63, 3.8) is 0 Å². The highest BCUT2D eigenvalue weighted by atomic mass is 35.5. The van der Waals surface area contributed by atoms with Crippen molar-refractivity contribution in [2.45, 2.75) is 6.42 Å². The molecule has 0 aliphatic heterocycles. The van der Waals surface area contributed by atoms with Gasteiger partial charge in [0, 0.05) is 17.7 Å². The molecule has 2 aromatic rings. The fraction of sp³-hybridized carbons (Fsp3) is 0.364. The van der Waals surface area contributed by atoms with E-state index < -0.39 is 0 Å². The monoisotopic (exact) mass is 241 g/mol. The van der Waals surface area contributed by atoms with E-state index in [4.69, 9.17) is 25.6 Å². The van der Waals surface area contributed by atoms with E-state index in [-0.39, 0.29) is 0 Å². The molecule has 1 aromatic carbocycles. The number of rotatable bonds is 4. The topological polar surface area (TPSA) is 44.5 Å². The number of ether oxygens (including phenoxy) is 2. The van der Waals surface area contributed by atoms with E-state index in [9.17, 15) is 0 Å². The molecule has 0 unspecified atom stereocenters. The molecule has 0 atom stereocenters. The summed E-state index contributed by atoms with van der Waals surface area (Å²) < 4.78 is 15.7. The Labute approximate surface area is 98.1 Å². The molecule has 0 radical (unpaired) electrons. The van der Waals surface area contributed by atoms with Crippen LogP contribution in [0.1, 0.15) is 5.69 Å². The fourth-order valence-electron chi connectivity index (χ4n) is 1.64. The second kappa shape index (κ2) is 4.61. The van der Waals surface area contributed by atoms with Crippen LogP contribution in [0.5, 0.6) is 11.5 Å². The normalized spacial score (nSPS) is 10.7. The van der Waals surface area contributed by atoms with Crippen LogP contribution in [0.3, 0.4) is 0 Å². The molecule has 0 amide bonds. The molecule has 0 saturated carbocycles. The van der Waals surface area contributed by atoms with E-state index in [2.05, 4.69) is 5.16 Å². The summed E-state index contributed by atoms with van der Waals surface area (Å²) >= 11 is 5.69. The SMILES string of the molecule is COc1ccc2c(CCCl)noc2c1OC. The number of aromatic nitrogens is 1. The Bertz CT molecular complexity index is 495. The summed E-state index contributed by atoms with van der Waals surface area (Å²) in [6.07, 6.45) is 0.671. The second-order valence-corrected chi connectivity index (χ2v) is 3.62. The summed E-state index contributed by atoms with van der Waals surface area (Å²) in [4.78, 5) is 0. The van der Waals surface area contributed by atoms with Crippen LogP contribution in [0.4, 0.5) is 0 Å². The zero-order valence-electron chi connectivity index (χ0n) is 9.12. The van der Waals surface area contributed by atoms with Crippen molar-refractivity contribution in [1.82, 2.24) is 5.16 Å². The van der Waals surface area contributed by atoms with Gasteiger partial charge in [0.25, 0.3) is 0 Å². The zero-order chi connectivity index (χ0) is 11.5. The Hall–Kier alpha value is -1.42. The molecular weight excluding hydrogens is 230 g/mol. The van der Waals surface area contributed by atoms with Crippen molar-refractivity contribution in [3.05, 3.63) is 17.8 Å². The number of hydrogen-bond donors (Lipinski definition) is 0. The minimum atomic E-state index is 0.510. The van der Waals surface area contributed by atoms with Crippen molar-refractivity contribution in [3.8, 4) is 11.5 Å². The third-order valence-electron chi connectivity index (χ3n) is 2.39.